The molecular formula is C26H27FN4O3. The maximum Gasteiger partial charge on any atom is 0.258 e. The molecule has 1 N–H and O–H groups in total. The van der Waals surface area contributed by atoms with E-state index in [9.17, 15) is 9.18 Å². The SMILES string of the molecule is CC1Cc2ccccc2N1c1ncc(C(=O)NCC2CCCO2)c(OCc2ccc(F)cc2)n1. The van der Waals surface area contributed by atoms with Gasteiger partial charge < -0.3 is 19.7 Å². The molecule has 176 valence electrons. The highest BCUT2D eigenvalue weighted by molar-refractivity contribution is 5.96. The van der Waals surface area contributed by atoms with Crippen LogP contribution in [-0.4, -0.2) is 41.2 Å². The Labute approximate surface area is 197 Å². The first-order valence-electron chi connectivity index (χ1n) is 11.6. The summed E-state index contributed by atoms with van der Waals surface area (Å²) in [6.07, 6.45) is 4.35. The largest absolute Gasteiger partial charge is 0.472 e. The lowest BCUT2D eigenvalue weighted by Crippen LogP contribution is -2.32. The van der Waals surface area contributed by atoms with E-state index in [0.29, 0.717) is 12.5 Å². The number of aromatic nitrogens is 2. The maximum atomic E-state index is 13.3. The van der Waals surface area contributed by atoms with E-state index in [0.717, 1.165) is 37.1 Å². The monoisotopic (exact) mass is 462 g/mol. The number of halogens is 1. The molecule has 2 aliphatic rings. The highest BCUT2D eigenvalue weighted by Crippen LogP contribution is 2.37. The molecule has 0 spiro atoms. The first kappa shape index (κ1) is 22.3. The Bertz CT molecular complexity index is 1160. The minimum atomic E-state index is -0.316. The van der Waals surface area contributed by atoms with E-state index in [2.05, 4.69) is 33.2 Å². The van der Waals surface area contributed by atoms with E-state index >= 15 is 0 Å². The van der Waals surface area contributed by atoms with Crippen LogP contribution >= 0.6 is 0 Å². The van der Waals surface area contributed by atoms with Crippen molar-refractivity contribution in [3.63, 3.8) is 0 Å². The molecular weight excluding hydrogens is 435 g/mol. The molecule has 2 unspecified atom stereocenters. The molecule has 1 fully saturated rings. The average molecular weight is 463 g/mol. The summed E-state index contributed by atoms with van der Waals surface area (Å²) in [4.78, 5) is 24.2. The van der Waals surface area contributed by atoms with Gasteiger partial charge in [0, 0.05) is 31.1 Å². The predicted octanol–water partition coefficient (Wildman–Crippen LogP) is 4.19. The number of nitrogens with zero attached hydrogens (tertiary/aromatic N) is 3. The molecule has 1 saturated heterocycles. The Balaban J connectivity index is 1.42. The Morgan fingerprint density at radius 2 is 2.06 bits per heavy atom. The number of fused-ring (bicyclic) bond motifs is 1. The van der Waals surface area contributed by atoms with E-state index in [-0.39, 0.29) is 41.9 Å². The number of benzene rings is 2. The van der Waals surface area contributed by atoms with E-state index < -0.39 is 0 Å². The Kier molecular flexibility index (Phi) is 6.40. The van der Waals surface area contributed by atoms with Gasteiger partial charge in [0.15, 0.2) is 0 Å². The third-order valence-corrected chi connectivity index (χ3v) is 6.21. The molecule has 5 rings (SSSR count). The first-order valence-corrected chi connectivity index (χ1v) is 11.6. The van der Waals surface area contributed by atoms with Crippen LogP contribution in [0.3, 0.4) is 0 Å². The van der Waals surface area contributed by atoms with Crippen molar-refractivity contribution in [2.45, 2.75) is 44.9 Å². The number of ether oxygens (including phenoxy) is 2. The minimum absolute atomic E-state index is 0.0228. The second-order valence-electron chi connectivity index (χ2n) is 8.70. The van der Waals surface area contributed by atoms with E-state index in [1.54, 1.807) is 12.1 Å². The van der Waals surface area contributed by atoms with Gasteiger partial charge in [-0.25, -0.2) is 9.37 Å². The zero-order chi connectivity index (χ0) is 23.5. The highest BCUT2D eigenvalue weighted by atomic mass is 19.1. The number of carbonyl (C=O) groups excluding carboxylic acids is 1. The second-order valence-corrected chi connectivity index (χ2v) is 8.70. The van der Waals surface area contributed by atoms with Crippen LogP contribution in [0.15, 0.2) is 54.7 Å². The number of hydrogen-bond donors (Lipinski definition) is 1. The molecule has 1 amide bonds. The third kappa shape index (κ3) is 4.72. The van der Waals surface area contributed by atoms with Gasteiger partial charge in [-0.15, -0.1) is 0 Å². The van der Waals surface area contributed by atoms with Gasteiger partial charge in [0.25, 0.3) is 5.91 Å². The Hall–Kier alpha value is -3.52. The van der Waals surface area contributed by atoms with Crippen LogP contribution in [0, 0.1) is 5.82 Å². The summed E-state index contributed by atoms with van der Waals surface area (Å²) in [5.41, 5.74) is 3.30. The Morgan fingerprint density at radius 3 is 2.85 bits per heavy atom. The van der Waals surface area contributed by atoms with Crippen LogP contribution in [-0.2, 0) is 17.8 Å². The molecule has 2 atom stereocenters. The van der Waals surface area contributed by atoms with Gasteiger partial charge in [0.05, 0.1) is 6.10 Å². The van der Waals surface area contributed by atoms with Gasteiger partial charge >= 0.3 is 0 Å². The van der Waals surface area contributed by atoms with Crippen LogP contribution in [0.4, 0.5) is 16.0 Å². The van der Waals surface area contributed by atoms with Gasteiger partial charge in [-0.2, -0.15) is 4.98 Å². The van der Waals surface area contributed by atoms with Crippen LogP contribution in [0.1, 0.15) is 41.3 Å². The summed E-state index contributed by atoms with van der Waals surface area (Å²) < 4.78 is 24.9. The van der Waals surface area contributed by atoms with Crippen molar-refractivity contribution < 1.29 is 18.7 Å². The lowest BCUT2D eigenvalue weighted by Gasteiger charge is -2.23. The normalized spacial score (nSPS) is 19.2. The smallest absolute Gasteiger partial charge is 0.258 e. The molecule has 0 bridgehead atoms. The van der Waals surface area contributed by atoms with Gasteiger partial charge in [0.1, 0.15) is 18.0 Å². The second kappa shape index (κ2) is 9.77. The summed E-state index contributed by atoms with van der Waals surface area (Å²) in [6, 6.07) is 14.4. The first-order chi connectivity index (χ1) is 16.6. The van der Waals surface area contributed by atoms with Crippen molar-refractivity contribution >= 4 is 17.5 Å². The lowest BCUT2D eigenvalue weighted by molar-refractivity contribution is 0.0853. The predicted molar refractivity (Wildman–Crippen MR) is 126 cm³/mol. The van der Waals surface area contributed by atoms with E-state index in [1.165, 1.54) is 23.9 Å². The van der Waals surface area contributed by atoms with Crippen molar-refractivity contribution in [3.8, 4) is 5.88 Å². The van der Waals surface area contributed by atoms with Gasteiger partial charge in [-0.3, -0.25) is 4.79 Å². The van der Waals surface area contributed by atoms with Crippen LogP contribution in [0.25, 0.3) is 0 Å². The molecule has 3 aromatic rings. The molecule has 1 aromatic heterocycles. The molecule has 2 aromatic carbocycles. The number of anilines is 2. The molecule has 7 nitrogen and oxygen atoms in total. The molecule has 2 aliphatic heterocycles. The number of amides is 1. The fourth-order valence-corrected chi connectivity index (χ4v) is 4.45. The maximum absolute atomic E-state index is 13.3. The lowest BCUT2D eigenvalue weighted by atomic mass is 10.1. The van der Waals surface area contributed by atoms with Crippen LogP contribution < -0.4 is 15.0 Å². The third-order valence-electron chi connectivity index (χ3n) is 6.21. The van der Waals surface area contributed by atoms with Gasteiger partial charge in [0.2, 0.25) is 11.8 Å². The molecule has 0 radical (unpaired) electrons. The average Bonchev–Trinajstić information content (AvgIpc) is 3.49. The highest BCUT2D eigenvalue weighted by Gasteiger charge is 2.30. The van der Waals surface area contributed by atoms with Crippen molar-refractivity contribution in [1.29, 1.82) is 0 Å². The molecule has 3 heterocycles. The standard InChI is InChI=1S/C26H27FN4O3/c1-17-13-19-5-2-3-7-23(19)31(17)26-29-15-22(24(32)28-14-21-6-4-12-33-21)25(30-26)34-16-18-8-10-20(27)11-9-18/h2-3,5,7-11,15,17,21H,4,6,12-14,16H2,1H3,(H,28,32). The molecule has 0 aliphatic carbocycles. The van der Waals surface area contributed by atoms with Crippen molar-refractivity contribution in [2.24, 2.45) is 0 Å². The Morgan fingerprint density at radius 1 is 1.24 bits per heavy atom. The fraction of sp³-hybridized carbons (Fsp3) is 0.346. The van der Waals surface area contributed by atoms with E-state index in [4.69, 9.17) is 9.47 Å². The summed E-state index contributed by atoms with van der Waals surface area (Å²) in [6.45, 7) is 3.41. The number of carbonyl (C=O) groups is 1. The molecule has 34 heavy (non-hydrogen) atoms. The van der Waals surface area contributed by atoms with Crippen molar-refractivity contribution in [1.82, 2.24) is 15.3 Å². The summed E-state index contributed by atoms with van der Waals surface area (Å²) in [5, 5.41) is 2.91. The van der Waals surface area contributed by atoms with Crippen LogP contribution in [0.2, 0.25) is 0 Å². The quantitative estimate of drug-likeness (QED) is 0.568. The zero-order valence-electron chi connectivity index (χ0n) is 19.0. The number of hydrogen-bond acceptors (Lipinski definition) is 6. The number of para-hydroxylation sites is 1. The number of rotatable bonds is 7. The zero-order valence-corrected chi connectivity index (χ0v) is 19.0. The summed E-state index contributed by atoms with van der Waals surface area (Å²) in [5.74, 6) is 0.0352. The van der Waals surface area contributed by atoms with Crippen molar-refractivity contribution in [2.75, 3.05) is 18.1 Å². The molecule has 0 saturated carbocycles. The van der Waals surface area contributed by atoms with E-state index in [1.807, 2.05) is 18.2 Å². The topological polar surface area (TPSA) is 76.6 Å². The van der Waals surface area contributed by atoms with Gasteiger partial charge in [-0.05, 0) is 55.5 Å². The fourth-order valence-electron chi connectivity index (χ4n) is 4.45. The minimum Gasteiger partial charge on any atom is -0.472 e. The van der Waals surface area contributed by atoms with Gasteiger partial charge in [-0.1, -0.05) is 30.3 Å². The van der Waals surface area contributed by atoms with Crippen molar-refractivity contribution in [3.05, 3.63) is 77.2 Å². The molecule has 8 heteroatoms. The number of nitrogens with one attached hydrogen (secondary N) is 1. The summed E-state index contributed by atoms with van der Waals surface area (Å²) >= 11 is 0. The summed E-state index contributed by atoms with van der Waals surface area (Å²) in [7, 11) is 0. The van der Waals surface area contributed by atoms with Crippen LogP contribution in [0.5, 0.6) is 5.88 Å².